The first kappa shape index (κ1) is 40.5. The minimum atomic E-state index is -0.737. The summed E-state index contributed by atoms with van der Waals surface area (Å²) in [6.45, 7) is 10.8. The Kier molecular flexibility index (Phi) is 14.4. The lowest BCUT2D eigenvalue weighted by atomic mass is 9.80. The fourth-order valence-corrected chi connectivity index (χ4v) is 6.65. The summed E-state index contributed by atoms with van der Waals surface area (Å²) in [5.74, 6) is -3.64. The molecule has 0 saturated heterocycles. The molecule has 0 spiro atoms. The second-order valence-electron chi connectivity index (χ2n) is 11.0. The molecule has 0 aromatic heterocycles. The van der Waals surface area contributed by atoms with Gasteiger partial charge >= 0.3 is 23.9 Å². The van der Waals surface area contributed by atoms with E-state index in [0.717, 1.165) is 0 Å². The fraction of sp³-hybridized carbons (Fsp3) is 0.333. The Balaban J connectivity index is 0.000000270. The van der Waals surface area contributed by atoms with Gasteiger partial charge < -0.3 is 29.6 Å². The van der Waals surface area contributed by atoms with Crippen LogP contribution in [-0.2, 0) is 38.1 Å². The summed E-state index contributed by atoms with van der Waals surface area (Å²) < 4.78 is 20.2. The lowest BCUT2D eigenvalue weighted by Crippen LogP contribution is -2.32. The van der Waals surface area contributed by atoms with Crippen LogP contribution in [0.15, 0.2) is 81.5 Å². The highest BCUT2D eigenvalue weighted by atomic mass is 35.5. The summed E-state index contributed by atoms with van der Waals surface area (Å²) in [6.07, 6.45) is 0. The lowest BCUT2D eigenvalue weighted by molar-refractivity contribution is -0.140. The highest BCUT2D eigenvalue weighted by Crippen LogP contribution is 2.45. The number of ether oxygens (including phenoxy) is 4. The molecule has 0 aliphatic carbocycles. The second kappa shape index (κ2) is 17.8. The van der Waals surface area contributed by atoms with Crippen molar-refractivity contribution in [3.63, 3.8) is 0 Å². The molecule has 50 heavy (non-hydrogen) atoms. The molecular weight excluding hydrogens is 730 g/mol. The Morgan fingerprint density at radius 1 is 0.560 bits per heavy atom. The minimum absolute atomic E-state index is 0.210. The topological polar surface area (TPSA) is 129 Å². The SMILES string of the molecule is CCOC(=O)C1=C(C)NC(C)=C(C(=O)OC)C1c1cccc(Cl)c1Cl.CCOC(=O)C1=C(C)NC(C)=C(C(=O)OC)C1c1cccc(Cl)c1Cl. The van der Waals surface area contributed by atoms with Gasteiger partial charge in [0, 0.05) is 22.8 Å². The average Bonchev–Trinajstić information content (AvgIpc) is 3.06. The quantitative estimate of drug-likeness (QED) is 0.202. The zero-order valence-corrected chi connectivity index (χ0v) is 31.8. The van der Waals surface area contributed by atoms with E-state index in [4.69, 9.17) is 65.4 Å². The third-order valence-electron chi connectivity index (χ3n) is 7.91. The maximum atomic E-state index is 12.6. The second-order valence-corrected chi connectivity index (χ2v) is 12.6. The van der Waals surface area contributed by atoms with Crippen LogP contribution in [0.25, 0.3) is 0 Å². The van der Waals surface area contributed by atoms with E-state index < -0.39 is 35.7 Å². The molecule has 0 saturated carbocycles. The summed E-state index contributed by atoms with van der Waals surface area (Å²) in [6, 6.07) is 10.2. The van der Waals surface area contributed by atoms with E-state index in [9.17, 15) is 19.2 Å². The number of methoxy groups -OCH3 is 2. The van der Waals surface area contributed by atoms with E-state index >= 15 is 0 Å². The highest BCUT2D eigenvalue weighted by Gasteiger charge is 2.40. The third-order valence-corrected chi connectivity index (χ3v) is 9.57. The number of nitrogens with one attached hydrogen (secondary N) is 2. The van der Waals surface area contributed by atoms with Crippen molar-refractivity contribution in [2.75, 3.05) is 27.4 Å². The van der Waals surface area contributed by atoms with Crippen LogP contribution in [0.4, 0.5) is 0 Å². The maximum Gasteiger partial charge on any atom is 0.336 e. The molecule has 2 N–H and O–H groups in total. The molecule has 2 aliphatic rings. The van der Waals surface area contributed by atoms with E-state index in [0.29, 0.717) is 66.3 Å². The zero-order chi connectivity index (χ0) is 37.4. The lowest BCUT2D eigenvalue weighted by Gasteiger charge is -2.30. The Bertz CT molecular complexity index is 1700. The maximum absolute atomic E-state index is 12.6. The van der Waals surface area contributed by atoms with Crippen LogP contribution < -0.4 is 10.6 Å². The Hall–Kier alpha value is -3.96. The van der Waals surface area contributed by atoms with E-state index in [2.05, 4.69) is 10.6 Å². The number of benzene rings is 2. The van der Waals surface area contributed by atoms with Gasteiger partial charge in [0.25, 0.3) is 0 Å². The van der Waals surface area contributed by atoms with E-state index in [1.807, 2.05) is 0 Å². The normalized spacial score (nSPS) is 17.3. The van der Waals surface area contributed by atoms with Gasteiger partial charge in [-0.3, -0.25) is 0 Å². The van der Waals surface area contributed by atoms with Crippen LogP contribution in [0.5, 0.6) is 0 Å². The number of hydrogen-bond acceptors (Lipinski definition) is 10. The number of dihydropyridines is 2. The summed E-state index contributed by atoms with van der Waals surface area (Å²) in [5, 5.41) is 7.32. The Morgan fingerprint density at radius 3 is 1.14 bits per heavy atom. The van der Waals surface area contributed by atoms with Crippen molar-refractivity contribution in [3.8, 4) is 0 Å². The average molecular weight is 769 g/mol. The van der Waals surface area contributed by atoms with Crippen molar-refractivity contribution in [2.45, 2.75) is 53.4 Å². The predicted molar refractivity (Wildman–Crippen MR) is 193 cm³/mol. The van der Waals surface area contributed by atoms with Crippen molar-refractivity contribution in [3.05, 3.63) is 113 Å². The number of hydrogen-bond donors (Lipinski definition) is 2. The van der Waals surface area contributed by atoms with Crippen LogP contribution >= 0.6 is 46.4 Å². The number of esters is 4. The summed E-state index contributed by atoms with van der Waals surface area (Å²) in [7, 11) is 2.57. The predicted octanol–water partition coefficient (Wildman–Crippen LogP) is 7.93. The molecule has 2 unspecified atom stereocenters. The van der Waals surface area contributed by atoms with Crippen LogP contribution in [0.1, 0.15) is 64.5 Å². The molecular formula is C36H38Cl4N2O8. The van der Waals surface area contributed by atoms with Gasteiger partial charge in [0.1, 0.15) is 0 Å². The zero-order valence-electron chi connectivity index (χ0n) is 28.8. The number of carbonyl (C=O) groups excluding carboxylic acids is 4. The van der Waals surface area contributed by atoms with Gasteiger partial charge in [-0.05, 0) is 64.8 Å². The Morgan fingerprint density at radius 2 is 0.860 bits per heavy atom. The van der Waals surface area contributed by atoms with Crippen molar-refractivity contribution in [2.24, 2.45) is 0 Å². The number of carbonyl (C=O) groups is 4. The molecule has 0 amide bonds. The van der Waals surface area contributed by atoms with Crippen LogP contribution in [0, 0.1) is 0 Å². The summed E-state index contributed by atoms with van der Waals surface area (Å²) in [5.41, 5.74) is 4.61. The van der Waals surface area contributed by atoms with Crippen LogP contribution in [0.2, 0.25) is 20.1 Å². The van der Waals surface area contributed by atoms with E-state index in [1.54, 1.807) is 77.9 Å². The smallest absolute Gasteiger partial charge is 0.336 e. The minimum Gasteiger partial charge on any atom is -0.466 e. The summed E-state index contributed by atoms with van der Waals surface area (Å²) in [4.78, 5) is 50.0. The molecule has 2 aliphatic heterocycles. The first-order chi connectivity index (χ1) is 23.7. The molecule has 10 nitrogen and oxygen atoms in total. The van der Waals surface area contributed by atoms with Gasteiger partial charge in [-0.25, -0.2) is 19.2 Å². The number of allylic oxidation sites excluding steroid dienone is 4. The van der Waals surface area contributed by atoms with E-state index in [-0.39, 0.29) is 23.3 Å². The van der Waals surface area contributed by atoms with Crippen LogP contribution in [-0.4, -0.2) is 51.3 Å². The monoisotopic (exact) mass is 766 g/mol. The van der Waals surface area contributed by atoms with Gasteiger partial charge in [-0.2, -0.15) is 0 Å². The van der Waals surface area contributed by atoms with Crippen molar-refractivity contribution < 1.29 is 38.1 Å². The van der Waals surface area contributed by atoms with Crippen molar-refractivity contribution in [1.82, 2.24) is 10.6 Å². The molecule has 0 bridgehead atoms. The van der Waals surface area contributed by atoms with Crippen LogP contribution in [0.3, 0.4) is 0 Å². The molecule has 2 aromatic carbocycles. The highest BCUT2D eigenvalue weighted by molar-refractivity contribution is 6.43. The molecule has 268 valence electrons. The third kappa shape index (κ3) is 8.49. The van der Waals surface area contributed by atoms with E-state index in [1.165, 1.54) is 14.2 Å². The molecule has 2 aromatic rings. The fourth-order valence-electron chi connectivity index (χ4n) is 5.82. The van der Waals surface area contributed by atoms with Gasteiger partial charge in [0.2, 0.25) is 0 Å². The standard InChI is InChI=1S/2C18H19Cl2NO4/c2*1-5-25-18(23)14-10(3)21-9(2)13(17(22)24-4)15(14)11-7-6-8-12(19)16(11)20/h2*6-8,15,21H,5H2,1-4H3. The molecule has 0 fully saturated rings. The van der Waals surface area contributed by atoms with Gasteiger partial charge in [-0.1, -0.05) is 70.7 Å². The molecule has 2 heterocycles. The Labute approximate surface area is 311 Å². The van der Waals surface area contributed by atoms with Crippen molar-refractivity contribution in [1.29, 1.82) is 0 Å². The largest absolute Gasteiger partial charge is 0.466 e. The molecule has 14 heteroatoms. The van der Waals surface area contributed by atoms with Gasteiger partial charge in [0.05, 0.1) is 81.7 Å². The summed E-state index contributed by atoms with van der Waals surface area (Å²) >= 11 is 25.0. The first-order valence-corrected chi connectivity index (χ1v) is 16.9. The molecule has 4 rings (SSSR count). The van der Waals surface area contributed by atoms with Crippen molar-refractivity contribution >= 4 is 70.3 Å². The molecule has 2 atom stereocenters. The first-order valence-electron chi connectivity index (χ1n) is 15.4. The van der Waals surface area contributed by atoms with Gasteiger partial charge in [-0.15, -0.1) is 0 Å². The number of rotatable bonds is 8. The number of halogens is 4. The van der Waals surface area contributed by atoms with Gasteiger partial charge in [0.15, 0.2) is 0 Å². The molecule has 0 radical (unpaired) electrons.